The summed E-state index contributed by atoms with van der Waals surface area (Å²) in [5.41, 5.74) is 0. The highest BCUT2D eigenvalue weighted by atomic mass is 16.4. The van der Waals surface area contributed by atoms with Gasteiger partial charge in [-0.15, -0.1) is 0 Å². The lowest BCUT2D eigenvalue weighted by atomic mass is 10.0. The zero-order valence-corrected chi connectivity index (χ0v) is 61.3. The Morgan fingerprint density at radius 2 is 0.272 bits per heavy atom. The molecule has 0 atom stereocenters. The van der Waals surface area contributed by atoms with Gasteiger partial charge in [0.2, 0.25) is 0 Å². The third-order valence-electron chi connectivity index (χ3n) is 16.8. The van der Waals surface area contributed by atoms with Crippen LogP contribution in [-0.4, -0.2) is 114 Å². The summed E-state index contributed by atoms with van der Waals surface area (Å²) in [5.74, 6) is -2.61. The highest BCUT2D eigenvalue weighted by molar-refractivity contribution is 5.67. The van der Waals surface area contributed by atoms with Crippen LogP contribution in [0.1, 0.15) is 439 Å². The fourth-order valence-electron chi connectivity index (χ4n) is 10.7. The third-order valence-corrected chi connectivity index (χ3v) is 16.8. The van der Waals surface area contributed by atoms with Crippen molar-refractivity contribution in [2.75, 3.05) is 26.4 Å². The van der Waals surface area contributed by atoms with Crippen molar-refractivity contribution < 1.29 is 70.2 Å². The lowest BCUT2D eigenvalue weighted by Crippen LogP contribution is -2.15. The Morgan fingerprint density at radius 1 is 0.185 bits per heavy atom. The Morgan fingerprint density at radius 3 is 0.337 bits per heavy atom. The smallest absolute Gasteiger partial charge is 0.303 e. The molecule has 0 unspecified atom stereocenters. The first-order valence-corrected chi connectivity index (χ1v) is 39.4. The van der Waals surface area contributed by atoms with Crippen LogP contribution in [0.3, 0.4) is 0 Å². The van der Waals surface area contributed by atoms with Crippen LogP contribution in [0.5, 0.6) is 0 Å². The van der Waals surface area contributed by atoms with Crippen molar-refractivity contribution in [3.8, 4) is 0 Å². The minimum atomic E-state index is -0.954. The van der Waals surface area contributed by atoms with Crippen LogP contribution in [0.15, 0.2) is 0 Å². The first kappa shape index (κ1) is 101. The highest BCUT2D eigenvalue weighted by Gasteiger charge is 2.02. The number of hydrogen-bond acceptors (Lipinski definition) is 10. The average Bonchev–Trinajstić information content (AvgIpc) is 3.55. The first-order valence-electron chi connectivity index (χ1n) is 39.4. The monoisotopic (exact) mass is 1320 g/mol. The minimum Gasteiger partial charge on any atom is -0.481 e. The average molecular weight is 1320 g/mol. The summed E-state index contributed by atoms with van der Waals surface area (Å²) in [6, 6.07) is 0. The lowest BCUT2D eigenvalue weighted by molar-refractivity contribution is -0.138. The third kappa shape index (κ3) is 121. The Kier molecular flexibility index (Phi) is 107. The number of carboxylic acid groups (broad SMARTS) is 4. The molecule has 0 radical (unpaired) electrons. The van der Waals surface area contributed by atoms with Crippen molar-refractivity contribution in [1.82, 2.24) is 0 Å². The quantitative estimate of drug-likeness (QED) is 0.0254. The van der Waals surface area contributed by atoms with Gasteiger partial charge >= 0.3 is 23.9 Å². The molecule has 0 rings (SSSR count). The van der Waals surface area contributed by atoms with Gasteiger partial charge in [-0.25, -0.2) is 0 Å². The molecule has 556 valence electrons. The Bertz CT molecular complexity index is 1140. The molecule has 0 bridgehead atoms. The van der Waals surface area contributed by atoms with E-state index in [1.807, 2.05) is 0 Å². The summed E-state index contributed by atoms with van der Waals surface area (Å²) in [7, 11) is 0. The molecule has 0 aliphatic rings. The van der Waals surface area contributed by atoms with E-state index >= 15 is 0 Å². The van der Waals surface area contributed by atoms with E-state index < -0.39 is 36.1 Å². The van der Waals surface area contributed by atoms with E-state index in [2.05, 4.69) is 27.7 Å². The number of aliphatic hydroxyl groups excluding tert-OH is 6. The van der Waals surface area contributed by atoms with Crippen molar-refractivity contribution >= 4 is 23.9 Å². The number of aliphatic hydroxyl groups is 6. The Hall–Kier alpha value is -2.36. The van der Waals surface area contributed by atoms with Gasteiger partial charge in [0.1, 0.15) is 12.2 Å². The van der Waals surface area contributed by atoms with Crippen LogP contribution in [0, 0.1) is 0 Å². The number of hydrogen-bond donors (Lipinski definition) is 10. The fraction of sp³-hybridized carbons (Fsp3) is 0.949. The topological polar surface area (TPSA) is 271 Å². The zero-order chi connectivity index (χ0) is 69.5. The van der Waals surface area contributed by atoms with E-state index in [0.29, 0.717) is 25.7 Å². The molecule has 92 heavy (non-hydrogen) atoms. The lowest BCUT2D eigenvalue weighted by Gasteiger charge is -2.03. The summed E-state index contributed by atoms with van der Waals surface area (Å²) in [5, 5.41) is 82.1. The second-order valence-electron chi connectivity index (χ2n) is 26.4. The number of unbranched alkanes of at least 4 members (excludes halogenated alkanes) is 56. The normalized spacial score (nSPS) is 10.7. The van der Waals surface area contributed by atoms with Gasteiger partial charge in [0, 0.05) is 25.7 Å². The molecule has 0 aliphatic carbocycles. The van der Waals surface area contributed by atoms with Gasteiger partial charge in [0.15, 0.2) is 0 Å². The molecule has 14 heteroatoms. The molecule has 0 aromatic carbocycles. The van der Waals surface area contributed by atoms with Crippen LogP contribution < -0.4 is 0 Å². The number of aliphatic carboxylic acids is 4. The van der Waals surface area contributed by atoms with Gasteiger partial charge < -0.3 is 51.1 Å². The highest BCUT2D eigenvalue weighted by Crippen LogP contribution is 2.18. The molecule has 10 N–H and O–H groups in total. The fourth-order valence-corrected chi connectivity index (χ4v) is 10.7. The van der Waals surface area contributed by atoms with Crippen LogP contribution in [-0.2, 0) is 19.2 Å². The van der Waals surface area contributed by atoms with Crippen molar-refractivity contribution in [3.05, 3.63) is 0 Å². The van der Waals surface area contributed by atoms with E-state index in [-0.39, 0.29) is 26.4 Å². The van der Waals surface area contributed by atoms with Gasteiger partial charge in [-0.2, -0.15) is 0 Å². The molecule has 14 nitrogen and oxygen atoms in total. The van der Waals surface area contributed by atoms with Crippen LogP contribution >= 0.6 is 0 Å². The number of carboxylic acids is 4. The van der Waals surface area contributed by atoms with Crippen LogP contribution in [0.25, 0.3) is 0 Å². The van der Waals surface area contributed by atoms with Gasteiger partial charge in [0.05, 0.1) is 26.4 Å². The SMILES string of the molecule is CCCCCCCCCCCCCCCCCC(=O)O.CCCCCCCCCCCCCCCCCC(=O)O.CCCCCCCCCCCCCCCCCC(=O)O.CCCCCCCCCCCCCCCCCC(=O)O.OCC(O)CO.OCC(O)CO. The summed E-state index contributed by atoms with van der Waals surface area (Å²) >= 11 is 0. The van der Waals surface area contributed by atoms with Crippen molar-refractivity contribution in [3.63, 3.8) is 0 Å². The van der Waals surface area contributed by atoms with Gasteiger partial charge in [0.25, 0.3) is 0 Å². The molecule has 0 amide bonds. The summed E-state index contributed by atoms with van der Waals surface area (Å²) in [6.07, 6.45) is 78.9. The van der Waals surface area contributed by atoms with Gasteiger partial charge in [-0.05, 0) is 25.7 Å². The predicted molar refractivity (Wildman–Crippen MR) is 389 cm³/mol. The van der Waals surface area contributed by atoms with Gasteiger partial charge in [-0.1, -0.05) is 387 Å². The molecule has 0 aliphatic heterocycles. The van der Waals surface area contributed by atoms with E-state index in [4.69, 9.17) is 51.1 Å². The number of carbonyl (C=O) groups is 4. The summed E-state index contributed by atoms with van der Waals surface area (Å²) in [6.45, 7) is 7.62. The predicted octanol–water partition coefficient (Wildman–Crippen LogP) is 22.0. The summed E-state index contributed by atoms with van der Waals surface area (Å²) in [4.78, 5) is 41.3. The van der Waals surface area contributed by atoms with Crippen molar-refractivity contribution in [1.29, 1.82) is 0 Å². The van der Waals surface area contributed by atoms with Crippen molar-refractivity contribution in [2.45, 2.75) is 451 Å². The van der Waals surface area contributed by atoms with E-state index in [0.717, 1.165) is 51.4 Å². The molecule has 0 spiro atoms. The second kappa shape index (κ2) is 97.3. The molecule has 0 saturated carbocycles. The minimum absolute atomic E-state index is 0.345. The molecule has 0 aromatic rings. The molecule has 0 heterocycles. The van der Waals surface area contributed by atoms with Crippen molar-refractivity contribution in [2.24, 2.45) is 0 Å². The molecular weight excluding hydrogens is 1160 g/mol. The maximum atomic E-state index is 10.3. The standard InChI is InChI=1S/4C18H36O2.2C3H8O3/c4*1-2-3-4-5-6-7-8-9-10-11-12-13-14-15-16-17-18(19)20;2*4-1-3(6)2-5/h4*2-17H2,1H3,(H,19,20);2*3-6H,1-2H2. The molecule has 0 fully saturated rings. The van der Waals surface area contributed by atoms with E-state index in [1.54, 1.807) is 0 Å². The van der Waals surface area contributed by atoms with E-state index in [9.17, 15) is 19.2 Å². The molecular formula is C78H160O14. The van der Waals surface area contributed by atoms with Gasteiger partial charge in [-0.3, -0.25) is 19.2 Å². The number of rotatable bonds is 68. The first-order chi connectivity index (χ1) is 44.7. The van der Waals surface area contributed by atoms with Crippen LogP contribution in [0.4, 0.5) is 0 Å². The maximum absolute atomic E-state index is 10.3. The maximum Gasteiger partial charge on any atom is 0.303 e. The Labute approximate surface area is 568 Å². The zero-order valence-electron chi connectivity index (χ0n) is 61.3. The van der Waals surface area contributed by atoms with E-state index in [1.165, 1.54) is 334 Å². The molecule has 0 aromatic heterocycles. The largest absolute Gasteiger partial charge is 0.481 e. The second-order valence-corrected chi connectivity index (χ2v) is 26.4. The summed E-state index contributed by atoms with van der Waals surface area (Å²) < 4.78 is 0. The molecule has 0 saturated heterocycles. The van der Waals surface area contributed by atoms with Crippen LogP contribution in [0.2, 0.25) is 0 Å². The Balaban J connectivity index is -0.000000252.